The van der Waals surface area contributed by atoms with Gasteiger partial charge in [-0.25, -0.2) is 0 Å². The highest BCUT2D eigenvalue weighted by Crippen LogP contribution is 2.16. The minimum Gasteiger partial charge on any atom is -0.497 e. The molecule has 2 aromatic carbocycles. The third kappa shape index (κ3) is 7.68. The summed E-state index contributed by atoms with van der Waals surface area (Å²) in [4.78, 5) is 32.9. The number of benzene rings is 2. The van der Waals surface area contributed by atoms with Crippen LogP contribution in [0.5, 0.6) is 5.75 Å². The van der Waals surface area contributed by atoms with Gasteiger partial charge in [0.1, 0.15) is 23.8 Å². The highest BCUT2D eigenvalue weighted by Gasteiger charge is 2.24. The molecule has 1 fully saturated rings. The first-order valence-corrected chi connectivity index (χ1v) is 12.6. The third-order valence-corrected chi connectivity index (χ3v) is 6.45. The van der Waals surface area contributed by atoms with Gasteiger partial charge in [-0.05, 0) is 48.9 Å². The van der Waals surface area contributed by atoms with Gasteiger partial charge in [-0.3, -0.25) is 14.5 Å². The molecule has 196 valence electrons. The summed E-state index contributed by atoms with van der Waals surface area (Å²) in [5, 5.41) is 0. The first kappa shape index (κ1) is 26.4. The van der Waals surface area contributed by atoms with E-state index in [0.29, 0.717) is 56.5 Å². The van der Waals surface area contributed by atoms with Crippen molar-refractivity contribution in [2.75, 3.05) is 53.0 Å². The molecule has 4 rings (SSSR count). The molecule has 2 heterocycles. The highest BCUT2D eigenvalue weighted by molar-refractivity contribution is 5.96. The van der Waals surface area contributed by atoms with E-state index in [1.807, 2.05) is 49.4 Å². The molecule has 8 nitrogen and oxygen atoms in total. The first-order chi connectivity index (χ1) is 18.0. The van der Waals surface area contributed by atoms with Crippen molar-refractivity contribution in [3.63, 3.8) is 0 Å². The van der Waals surface area contributed by atoms with Gasteiger partial charge in [0.2, 0.25) is 5.91 Å². The molecule has 0 N–H and O–H groups in total. The van der Waals surface area contributed by atoms with Gasteiger partial charge in [0.15, 0.2) is 0 Å². The maximum atomic E-state index is 13.7. The van der Waals surface area contributed by atoms with Crippen molar-refractivity contribution in [1.29, 1.82) is 0 Å². The first-order valence-electron chi connectivity index (χ1n) is 12.6. The van der Waals surface area contributed by atoms with Crippen LogP contribution in [0.3, 0.4) is 0 Å². The summed E-state index contributed by atoms with van der Waals surface area (Å²) in [6.45, 7) is 6.72. The van der Waals surface area contributed by atoms with Gasteiger partial charge in [0.25, 0.3) is 5.91 Å². The van der Waals surface area contributed by atoms with E-state index in [2.05, 4.69) is 4.90 Å². The molecule has 0 saturated carbocycles. The lowest BCUT2D eigenvalue weighted by Crippen LogP contribution is -2.47. The normalized spacial score (nSPS) is 13.8. The standard InChI is InChI=1S/C29H35N3O5/c1-23-8-11-27(37-23)21-32(20-24-6-4-3-5-7-24)28(33)22-31(15-14-30-16-18-36-19-17-30)29(34)25-9-12-26(35-2)13-10-25/h3-13H,14-22H2,1-2H3. The minimum atomic E-state index is -0.183. The molecular weight excluding hydrogens is 470 g/mol. The van der Waals surface area contributed by atoms with Crippen LogP contribution in [0.2, 0.25) is 0 Å². The van der Waals surface area contributed by atoms with Crippen LogP contribution in [0.1, 0.15) is 27.4 Å². The van der Waals surface area contributed by atoms with Crippen molar-refractivity contribution in [2.45, 2.75) is 20.0 Å². The fourth-order valence-corrected chi connectivity index (χ4v) is 4.31. The van der Waals surface area contributed by atoms with Crippen molar-refractivity contribution in [3.05, 3.63) is 89.4 Å². The molecule has 1 aliphatic heterocycles. The van der Waals surface area contributed by atoms with Crippen LogP contribution in [0.25, 0.3) is 0 Å². The fourth-order valence-electron chi connectivity index (χ4n) is 4.31. The second-order valence-electron chi connectivity index (χ2n) is 9.16. The zero-order valence-corrected chi connectivity index (χ0v) is 21.6. The highest BCUT2D eigenvalue weighted by atomic mass is 16.5. The molecule has 0 atom stereocenters. The molecule has 0 bridgehead atoms. The number of morpholine rings is 1. The molecule has 37 heavy (non-hydrogen) atoms. The number of ether oxygens (including phenoxy) is 2. The molecule has 0 aliphatic carbocycles. The van der Waals surface area contributed by atoms with E-state index in [1.165, 1.54) is 0 Å². The average molecular weight is 506 g/mol. The maximum Gasteiger partial charge on any atom is 0.254 e. The summed E-state index contributed by atoms with van der Waals surface area (Å²) in [7, 11) is 1.59. The van der Waals surface area contributed by atoms with Crippen molar-refractivity contribution < 1.29 is 23.5 Å². The summed E-state index contributed by atoms with van der Waals surface area (Å²) in [5.74, 6) is 1.86. The number of rotatable bonds is 11. The Morgan fingerprint density at radius 1 is 0.919 bits per heavy atom. The second-order valence-corrected chi connectivity index (χ2v) is 9.16. The number of carbonyl (C=O) groups excluding carboxylic acids is 2. The Morgan fingerprint density at radius 3 is 2.30 bits per heavy atom. The van der Waals surface area contributed by atoms with E-state index >= 15 is 0 Å². The summed E-state index contributed by atoms with van der Waals surface area (Å²) in [5.41, 5.74) is 1.53. The number of furan rings is 1. The molecule has 0 radical (unpaired) electrons. The zero-order chi connectivity index (χ0) is 26.0. The second kappa shape index (κ2) is 13.1. The van der Waals surface area contributed by atoms with Crippen molar-refractivity contribution in [3.8, 4) is 5.75 Å². The molecule has 3 aromatic rings. The number of nitrogens with zero attached hydrogens (tertiary/aromatic N) is 3. The quantitative estimate of drug-likeness (QED) is 0.397. The molecule has 1 aromatic heterocycles. The lowest BCUT2D eigenvalue weighted by Gasteiger charge is -2.31. The Labute approximate surface area is 218 Å². The van der Waals surface area contributed by atoms with Gasteiger partial charge in [0.05, 0.1) is 26.9 Å². The lowest BCUT2D eigenvalue weighted by molar-refractivity contribution is -0.133. The molecule has 1 aliphatic rings. The topological polar surface area (TPSA) is 75.5 Å². The monoisotopic (exact) mass is 505 g/mol. The number of carbonyl (C=O) groups is 2. The molecule has 0 spiro atoms. The molecule has 2 amide bonds. The number of amides is 2. The van der Waals surface area contributed by atoms with Gasteiger partial charge in [-0.1, -0.05) is 30.3 Å². The van der Waals surface area contributed by atoms with E-state index in [9.17, 15) is 9.59 Å². The van der Waals surface area contributed by atoms with E-state index in [4.69, 9.17) is 13.9 Å². The predicted molar refractivity (Wildman–Crippen MR) is 140 cm³/mol. The zero-order valence-electron chi connectivity index (χ0n) is 21.6. The molecule has 8 heteroatoms. The molecule has 0 unspecified atom stereocenters. The van der Waals surface area contributed by atoms with Crippen LogP contribution in [0.15, 0.2) is 71.1 Å². The van der Waals surface area contributed by atoms with E-state index in [-0.39, 0.29) is 18.4 Å². The van der Waals surface area contributed by atoms with Gasteiger partial charge in [-0.2, -0.15) is 0 Å². The Bertz CT molecular complexity index is 1140. The fraction of sp³-hybridized carbons (Fsp3) is 0.379. The number of aryl methyl sites for hydroxylation is 1. The average Bonchev–Trinajstić information content (AvgIpc) is 3.35. The van der Waals surface area contributed by atoms with Crippen LogP contribution in [-0.4, -0.2) is 79.6 Å². The predicted octanol–water partition coefficient (Wildman–Crippen LogP) is 3.60. The van der Waals surface area contributed by atoms with Gasteiger partial charge >= 0.3 is 0 Å². The smallest absolute Gasteiger partial charge is 0.254 e. The Morgan fingerprint density at radius 2 is 1.65 bits per heavy atom. The number of methoxy groups -OCH3 is 1. The van der Waals surface area contributed by atoms with E-state index in [0.717, 1.165) is 24.4 Å². The van der Waals surface area contributed by atoms with Crippen LogP contribution in [0, 0.1) is 6.92 Å². The van der Waals surface area contributed by atoms with Crippen LogP contribution in [-0.2, 0) is 22.6 Å². The Balaban J connectivity index is 1.52. The van der Waals surface area contributed by atoms with Crippen LogP contribution >= 0.6 is 0 Å². The summed E-state index contributed by atoms with van der Waals surface area (Å²) in [6, 6.07) is 20.6. The van der Waals surface area contributed by atoms with Gasteiger partial charge < -0.3 is 23.7 Å². The minimum absolute atomic E-state index is 0.0261. The van der Waals surface area contributed by atoms with E-state index < -0.39 is 0 Å². The van der Waals surface area contributed by atoms with Crippen molar-refractivity contribution in [1.82, 2.24) is 14.7 Å². The van der Waals surface area contributed by atoms with Crippen LogP contribution < -0.4 is 4.74 Å². The van der Waals surface area contributed by atoms with Crippen molar-refractivity contribution in [2.24, 2.45) is 0 Å². The molecule has 1 saturated heterocycles. The van der Waals surface area contributed by atoms with E-state index in [1.54, 1.807) is 41.2 Å². The van der Waals surface area contributed by atoms with Crippen LogP contribution in [0.4, 0.5) is 0 Å². The SMILES string of the molecule is COc1ccc(C(=O)N(CCN2CCOCC2)CC(=O)N(Cc2ccccc2)Cc2ccc(C)o2)cc1. The summed E-state index contributed by atoms with van der Waals surface area (Å²) in [6.07, 6.45) is 0. The number of hydrogen-bond acceptors (Lipinski definition) is 6. The largest absolute Gasteiger partial charge is 0.497 e. The lowest BCUT2D eigenvalue weighted by atomic mass is 10.1. The van der Waals surface area contributed by atoms with Gasteiger partial charge in [0, 0.05) is 38.3 Å². The third-order valence-electron chi connectivity index (χ3n) is 6.45. The Hall–Kier alpha value is -3.62. The number of hydrogen-bond donors (Lipinski definition) is 0. The summed E-state index contributed by atoms with van der Waals surface area (Å²) >= 11 is 0. The summed E-state index contributed by atoms with van der Waals surface area (Å²) < 4.78 is 16.5. The van der Waals surface area contributed by atoms with Crippen molar-refractivity contribution >= 4 is 11.8 Å². The Kier molecular flexibility index (Phi) is 9.35. The molecular formula is C29H35N3O5. The van der Waals surface area contributed by atoms with Gasteiger partial charge in [-0.15, -0.1) is 0 Å². The maximum absolute atomic E-state index is 13.7.